The quantitative estimate of drug-likeness (QED) is 0.465. The maximum atomic E-state index is 12.0. The number of amides is 2. The van der Waals surface area contributed by atoms with E-state index in [1.54, 1.807) is 11.3 Å². The number of nitrogens with one attached hydrogen (secondary N) is 2. The van der Waals surface area contributed by atoms with Crippen molar-refractivity contribution in [1.82, 2.24) is 10.2 Å². The van der Waals surface area contributed by atoms with Gasteiger partial charge in [0.05, 0.1) is 11.0 Å². The Kier molecular flexibility index (Phi) is 6.20. The van der Waals surface area contributed by atoms with Crippen molar-refractivity contribution >= 4 is 34.5 Å². The molecule has 0 saturated carbocycles. The second kappa shape index (κ2) is 8.36. The third-order valence-electron chi connectivity index (χ3n) is 3.55. The zero-order valence-corrected chi connectivity index (χ0v) is 14.6. The van der Waals surface area contributed by atoms with E-state index >= 15 is 0 Å². The topological polar surface area (TPSA) is 105 Å². The molecular weight excluding hydrogens is 344 g/mol. The SMILES string of the molecule is CN(C)C(CNC(=O)C(=O)Nc1ccc([N+](=O)[O-])cc1)c1ccsc1. The van der Waals surface area contributed by atoms with E-state index in [9.17, 15) is 19.7 Å². The minimum Gasteiger partial charge on any atom is -0.346 e. The molecule has 2 rings (SSSR count). The summed E-state index contributed by atoms with van der Waals surface area (Å²) in [5, 5.41) is 19.6. The Morgan fingerprint density at radius 2 is 1.88 bits per heavy atom. The molecule has 1 aromatic heterocycles. The number of nitro benzene ring substituents is 1. The average molecular weight is 362 g/mol. The number of likely N-dealkylation sites (N-methyl/N-ethyl adjacent to an activating group) is 1. The first-order valence-corrected chi connectivity index (χ1v) is 8.35. The molecule has 132 valence electrons. The van der Waals surface area contributed by atoms with Crippen molar-refractivity contribution in [2.75, 3.05) is 26.0 Å². The molecule has 9 heteroatoms. The van der Waals surface area contributed by atoms with Crippen LogP contribution in [0.5, 0.6) is 0 Å². The van der Waals surface area contributed by atoms with E-state index in [1.807, 2.05) is 35.8 Å². The van der Waals surface area contributed by atoms with E-state index in [0.717, 1.165) is 5.56 Å². The zero-order chi connectivity index (χ0) is 18.4. The lowest BCUT2D eigenvalue weighted by molar-refractivity contribution is -0.384. The number of carbonyl (C=O) groups excluding carboxylic acids is 2. The molecule has 0 aliphatic heterocycles. The second-order valence-corrected chi connectivity index (χ2v) is 6.28. The Hall–Kier alpha value is -2.78. The van der Waals surface area contributed by atoms with Crippen LogP contribution in [0, 0.1) is 10.1 Å². The van der Waals surface area contributed by atoms with Gasteiger partial charge in [0.1, 0.15) is 0 Å². The molecule has 0 spiro atoms. The number of nitro groups is 1. The Morgan fingerprint density at radius 1 is 1.20 bits per heavy atom. The van der Waals surface area contributed by atoms with Crippen LogP contribution in [0.3, 0.4) is 0 Å². The zero-order valence-electron chi connectivity index (χ0n) is 13.8. The van der Waals surface area contributed by atoms with Gasteiger partial charge in [-0.05, 0) is 48.6 Å². The van der Waals surface area contributed by atoms with Crippen molar-refractivity contribution in [3.63, 3.8) is 0 Å². The highest BCUT2D eigenvalue weighted by Gasteiger charge is 2.19. The van der Waals surface area contributed by atoms with Crippen LogP contribution in [0.4, 0.5) is 11.4 Å². The first kappa shape index (κ1) is 18.6. The van der Waals surface area contributed by atoms with Gasteiger partial charge in [-0.25, -0.2) is 0 Å². The van der Waals surface area contributed by atoms with Crippen LogP contribution in [0.2, 0.25) is 0 Å². The van der Waals surface area contributed by atoms with Crippen LogP contribution in [-0.2, 0) is 9.59 Å². The molecule has 2 N–H and O–H groups in total. The third kappa shape index (κ3) is 5.10. The molecule has 0 saturated heterocycles. The number of rotatable bonds is 6. The lowest BCUT2D eigenvalue weighted by Crippen LogP contribution is -2.40. The van der Waals surface area contributed by atoms with Crippen molar-refractivity contribution in [3.8, 4) is 0 Å². The summed E-state index contributed by atoms with van der Waals surface area (Å²) in [4.78, 5) is 35.9. The van der Waals surface area contributed by atoms with Gasteiger partial charge < -0.3 is 15.5 Å². The molecule has 1 atom stereocenters. The summed E-state index contributed by atoms with van der Waals surface area (Å²) in [6.45, 7) is 0.288. The van der Waals surface area contributed by atoms with Gasteiger partial charge in [-0.2, -0.15) is 11.3 Å². The van der Waals surface area contributed by atoms with Gasteiger partial charge in [0.15, 0.2) is 0 Å². The molecule has 0 aliphatic rings. The summed E-state index contributed by atoms with van der Waals surface area (Å²) < 4.78 is 0. The summed E-state index contributed by atoms with van der Waals surface area (Å²) in [5.74, 6) is -1.59. The minimum absolute atomic E-state index is 0.0395. The molecule has 1 aromatic carbocycles. The van der Waals surface area contributed by atoms with E-state index in [2.05, 4.69) is 10.6 Å². The number of nitrogens with zero attached hydrogens (tertiary/aromatic N) is 2. The van der Waals surface area contributed by atoms with Gasteiger partial charge >= 0.3 is 11.8 Å². The minimum atomic E-state index is -0.823. The summed E-state index contributed by atoms with van der Waals surface area (Å²) in [7, 11) is 3.79. The highest BCUT2D eigenvalue weighted by atomic mass is 32.1. The van der Waals surface area contributed by atoms with E-state index in [0.29, 0.717) is 5.69 Å². The maximum Gasteiger partial charge on any atom is 0.313 e. The number of benzene rings is 1. The molecule has 1 heterocycles. The van der Waals surface area contributed by atoms with E-state index in [-0.39, 0.29) is 18.3 Å². The van der Waals surface area contributed by atoms with Gasteiger partial charge in [0, 0.05) is 24.4 Å². The van der Waals surface area contributed by atoms with Gasteiger partial charge in [-0.3, -0.25) is 19.7 Å². The van der Waals surface area contributed by atoms with Crippen molar-refractivity contribution < 1.29 is 14.5 Å². The Bertz CT molecular complexity index is 744. The predicted molar refractivity (Wildman–Crippen MR) is 95.5 cm³/mol. The molecular formula is C16H18N4O4S. The summed E-state index contributed by atoms with van der Waals surface area (Å²) in [6, 6.07) is 7.19. The van der Waals surface area contributed by atoms with Gasteiger partial charge in [-0.15, -0.1) is 0 Å². The first-order chi connectivity index (χ1) is 11.9. The number of carbonyl (C=O) groups is 2. The number of thiophene rings is 1. The molecule has 0 aliphatic carbocycles. The number of non-ortho nitro benzene ring substituents is 1. The fraction of sp³-hybridized carbons (Fsp3) is 0.250. The second-order valence-electron chi connectivity index (χ2n) is 5.50. The highest BCUT2D eigenvalue weighted by Crippen LogP contribution is 2.20. The Balaban J connectivity index is 1.91. The monoisotopic (exact) mass is 362 g/mol. The molecule has 0 bridgehead atoms. The fourth-order valence-electron chi connectivity index (χ4n) is 2.19. The summed E-state index contributed by atoms with van der Waals surface area (Å²) >= 11 is 1.56. The van der Waals surface area contributed by atoms with E-state index in [1.165, 1.54) is 24.3 Å². The summed E-state index contributed by atoms with van der Waals surface area (Å²) in [6.07, 6.45) is 0. The predicted octanol–water partition coefficient (Wildman–Crippen LogP) is 2.01. The lowest BCUT2D eigenvalue weighted by atomic mass is 10.1. The molecule has 25 heavy (non-hydrogen) atoms. The largest absolute Gasteiger partial charge is 0.346 e. The van der Waals surface area contributed by atoms with Crippen molar-refractivity contribution in [2.24, 2.45) is 0 Å². The summed E-state index contributed by atoms with van der Waals surface area (Å²) in [5.41, 5.74) is 1.28. The first-order valence-electron chi connectivity index (χ1n) is 7.40. The van der Waals surface area contributed by atoms with Crippen LogP contribution in [0.15, 0.2) is 41.1 Å². The van der Waals surface area contributed by atoms with Crippen molar-refractivity contribution in [3.05, 3.63) is 56.8 Å². The van der Waals surface area contributed by atoms with Crippen LogP contribution < -0.4 is 10.6 Å². The number of hydrogen-bond acceptors (Lipinski definition) is 6. The van der Waals surface area contributed by atoms with Gasteiger partial charge in [0.2, 0.25) is 0 Å². The van der Waals surface area contributed by atoms with Crippen LogP contribution in [0.1, 0.15) is 11.6 Å². The smallest absolute Gasteiger partial charge is 0.313 e. The lowest BCUT2D eigenvalue weighted by Gasteiger charge is -2.23. The average Bonchev–Trinajstić information content (AvgIpc) is 3.09. The van der Waals surface area contributed by atoms with Gasteiger partial charge in [-0.1, -0.05) is 0 Å². The molecule has 1 unspecified atom stereocenters. The van der Waals surface area contributed by atoms with Crippen LogP contribution in [-0.4, -0.2) is 42.3 Å². The molecule has 8 nitrogen and oxygen atoms in total. The highest BCUT2D eigenvalue weighted by molar-refractivity contribution is 7.07. The molecule has 2 aromatic rings. The van der Waals surface area contributed by atoms with Crippen molar-refractivity contribution in [1.29, 1.82) is 0 Å². The number of hydrogen-bond donors (Lipinski definition) is 2. The standard InChI is InChI=1S/C16H18N4O4S/c1-19(2)14(11-7-8-25-10-11)9-17-15(21)16(22)18-12-3-5-13(6-4-12)20(23)24/h3-8,10,14H,9H2,1-2H3,(H,17,21)(H,18,22). The van der Waals surface area contributed by atoms with Crippen LogP contribution >= 0.6 is 11.3 Å². The fourth-order valence-corrected chi connectivity index (χ4v) is 2.89. The van der Waals surface area contributed by atoms with Gasteiger partial charge in [0.25, 0.3) is 5.69 Å². The van der Waals surface area contributed by atoms with Crippen LogP contribution in [0.25, 0.3) is 0 Å². The Morgan fingerprint density at radius 3 is 2.40 bits per heavy atom. The third-order valence-corrected chi connectivity index (χ3v) is 4.25. The Labute approximate surface area is 148 Å². The van der Waals surface area contributed by atoms with E-state index in [4.69, 9.17) is 0 Å². The van der Waals surface area contributed by atoms with Crippen molar-refractivity contribution in [2.45, 2.75) is 6.04 Å². The molecule has 0 radical (unpaired) electrons. The normalized spacial score (nSPS) is 11.8. The maximum absolute atomic E-state index is 12.0. The molecule has 0 fully saturated rings. The van der Waals surface area contributed by atoms with E-state index < -0.39 is 16.7 Å². The molecule has 2 amide bonds. The number of anilines is 1.